The summed E-state index contributed by atoms with van der Waals surface area (Å²) >= 11 is 0. The Morgan fingerprint density at radius 3 is 2.54 bits per heavy atom. The molecule has 13 heavy (non-hydrogen) atoms. The number of hydrogen-bond donors (Lipinski definition) is 0. The minimum absolute atomic E-state index is 0.0718. The Balaban J connectivity index is 2.42. The van der Waals surface area contributed by atoms with Crippen LogP contribution in [0.25, 0.3) is 0 Å². The van der Waals surface area contributed by atoms with Crippen molar-refractivity contribution in [1.29, 1.82) is 0 Å². The predicted molar refractivity (Wildman–Crippen MR) is 51.5 cm³/mol. The maximum Gasteiger partial charge on any atom is 0.323 e. The molecule has 3 heteroatoms. The first-order valence-electron chi connectivity index (χ1n) is 5.13. The number of rotatable bonds is 5. The van der Waals surface area contributed by atoms with Crippen LogP contribution in [-0.2, 0) is 9.53 Å². The summed E-state index contributed by atoms with van der Waals surface area (Å²) in [6.45, 7) is 7.28. The Labute approximate surface area is 80.1 Å². The molecule has 0 bridgehead atoms. The highest BCUT2D eigenvalue weighted by Gasteiger charge is 2.34. The Morgan fingerprint density at radius 2 is 2.15 bits per heavy atom. The second-order valence-electron chi connectivity index (χ2n) is 3.49. The van der Waals surface area contributed by atoms with Gasteiger partial charge >= 0.3 is 5.97 Å². The number of nitrogens with zero attached hydrogens (tertiary/aromatic N) is 1. The van der Waals surface area contributed by atoms with Gasteiger partial charge in [0.1, 0.15) is 6.04 Å². The zero-order chi connectivity index (χ0) is 9.84. The van der Waals surface area contributed by atoms with Crippen molar-refractivity contribution in [1.82, 2.24) is 4.90 Å². The molecule has 1 atom stereocenters. The summed E-state index contributed by atoms with van der Waals surface area (Å²) in [5.74, 6) is -0.0868. The lowest BCUT2D eigenvalue weighted by Crippen LogP contribution is -2.41. The van der Waals surface area contributed by atoms with Crippen LogP contribution in [0, 0.1) is 0 Å². The average Bonchev–Trinajstić information content (AvgIpc) is 2.90. The Morgan fingerprint density at radius 1 is 1.54 bits per heavy atom. The van der Waals surface area contributed by atoms with E-state index in [-0.39, 0.29) is 12.0 Å². The van der Waals surface area contributed by atoms with E-state index in [4.69, 9.17) is 4.74 Å². The lowest BCUT2D eigenvalue weighted by atomic mass is 10.3. The molecular weight excluding hydrogens is 166 g/mol. The molecule has 0 radical (unpaired) electrons. The van der Waals surface area contributed by atoms with Crippen LogP contribution in [0.3, 0.4) is 0 Å². The van der Waals surface area contributed by atoms with Crippen LogP contribution in [0.1, 0.15) is 33.6 Å². The molecule has 1 saturated carbocycles. The van der Waals surface area contributed by atoms with Gasteiger partial charge in [0, 0.05) is 6.04 Å². The molecule has 1 aliphatic carbocycles. The number of likely N-dealkylation sites (N-methyl/N-ethyl adjacent to an activating group) is 1. The van der Waals surface area contributed by atoms with E-state index in [0.717, 1.165) is 6.54 Å². The van der Waals surface area contributed by atoms with Crippen molar-refractivity contribution in [3.8, 4) is 0 Å². The Hall–Kier alpha value is -0.570. The number of carbonyl (C=O) groups excluding carboxylic acids is 1. The summed E-state index contributed by atoms with van der Waals surface area (Å²) < 4.78 is 4.98. The van der Waals surface area contributed by atoms with Crippen molar-refractivity contribution in [2.24, 2.45) is 0 Å². The average molecular weight is 185 g/mol. The molecule has 1 unspecified atom stereocenters. The number of hydrogen-bond acceptors (Lipinski definition) is 3. The second kappa shape index (κ2) is 4.61. The molecule has 0 aromatic rings. The van der Waals surface area contributed by atoms with Crippen LogP contribution in [0.5, 0.6) is 0 Å². The predicted octanol–water partition coefficient (Wildman–Crippen LogP) is 1.42. The quantitative estimate of drug-likeness (QED) is 0.607. The van der Waals surface area contributed by atoms with Gasteiger partial charge in [0.25, 0.3) is 0 Å². The van der Waals surface area contributed by atoms with Crippen molar-refractivity contribution in [3.63, 3.8) is 0 Å². The molecule has 76 valence electrons. The van der Waals surface area contributed by atoms with E-state index in [9.17, 15) is 4.79 Å². The fourth-order valence-electron chi connectivity index (χ4n) is 1.65. The number of ether oxygens (including phenoxy) is 1. The molecule has 1 fully saturated rings. The standard InChI is InChI=1S/C10H19NO2/c1-4-11(9-6-7-9)8(3)10(12)13-5-2/h8-9H,4-7H2,1-3H3. The van der Waals surface area contributed by atoms with Gasteiger partial charge in [-0.2, -0.15) is 0 Å². The van der Waals surface area contributed by atoms with Gasteiger partial charge in [0.15, 0.2) is 0 Å². The minimum Gasteiger partial charge on any atom is -0.465 e. The largest absolute Gasteiger partial charge is 0.465 e. The molecule has 0 N–H and O–H groups in total. The van der Waals surface area contributed by atoms with Crippen molar-refractivity contribution < 1.29 is 9.53 Å². The highest BCUT2D eigenvalue weighted by atomic mass is 16.5. The smallest absolute Gasteiger partial charge is 0.323 e. The van der Waals surface area contributed by atoms with Gasteiger partial charge in [0.2, 0.25) is 0 Å². The minimum atomic E-state index is -0.0868. The van der Waals surface area contributed by atoms with Crippen LogP contribution >= 0.6 is 0 Å². The van der Waals surface area contributed by atoms with Crippen molar-refractivity contribution >= 4 is 5.97 Å². The lowest BCUT2D eigenvalue weighted by Gasteiger charge is -2.25. The SMILES string of the molecule is CCOC(=O)C(C)N(CC)C1CC1. The van der Waals surface area contributed by atoms with E-state index < -0.39 is 0 Å². The van der Waals surface area contributed by atoms with E-state index in [1.807, 2.05) is 13.8 Å². The van der Waals surface area contributed by atoms with Crippen LogP contribution in [-0.4, -0.2) is 36.1 Å². The van der Waals surface area contributed by atoms with Crippen molar-refractivity contribution in [3.05, 3.63) is 0 Å². The summed E-state index contributed by atoms with van der Waals surface area (Å²) in [5.41, 5.74) is 0. The topological polar surface area (TPSA) is 29.5 Å². The van der Waals surface area contributed by atoms with Gasteiger partial charge in [-0.1, -0.05) is 6.92 Å². The van der Waals surface area contributed by atoms with Crippen LogP contribution < -0.4 is 0 Å². The molecule has 0 heterocycles. The Bertz CT molecular complexity index is 178. The molecule has 0 spiro atoms. The summed E-state index contributed by atoms with van der Waals surface area (Å²) in [4.78, 5) is 13.6. The molecule has 1 rings (SSSR count). The van der Waals surface area contributed by atoms with E-state index in [2.05, 4.69) is 11.8 Å². The van der Waals surface area contributed by atoms with Gasteiger partial charge in [-0.25, -0.2) is 0 Å². The second-order valence-corrected chi connectivity index (χ2v) is 3.49. The fraction of sp³-hybridized carbons (Fsp3) is 0.900. The third-order valence-corrected chi connectivity index (χ3v) is 2.51. The Kier molecular flexibility index (Phi) is 3.72. The first-order valence-corrected chi connectivity index (χ1v) is 5.13. The van der Waals surface area contributed by atoms with E-state index in [1.165, 1.54) is 12.8 Å². The van der Waals surface area contributed by atoms with Gasteiger partial charge < -0.3 is 4.74 Å². The third-order valence-electron chi connectivity index (χ3n) is 2.51. The molecule has 0 aromatic carbocycles. The van der Waals surface area contributed by atoms with Crippen molar-refractivity contribution in [2.45, 2.75) is 45.7 Å². The van der Waals surface area contributed by atoms with Crippen LogP contribution in [0.2, 0.25) is 0 Å². The molecule has 0 saturated heterocycles. The number of carbonyl (C=O) groups is 1. The highest BCUT2D eigenvalue weighted by Crippen LogP contribution is 2.28. The number of esters is 1. The monoisotopic (exact) mass is 185 g/mol. The van der Waals surface area contributed by atoms with Crippen molar-refractivity contribution in [2.75, 3.05) is 13.2 Å². The first kappa shape index (κ1) is 10.5. The molecule has 0 amide bonds. The first-order chi connectivity index (χ1) is 6.20. The molecule has 0 aliphatic heterocycles. The van der Waals surface area contributed by atoms with Gasteiger partial charge in [-0.15, -0.1) is 0 Å². The lowest BCUT2D eigenvalue weighted by molar-refractivity contribution is -0.149. The van der Waals surface area contributed by atoms with E-state index >= 15 is 0 Å². The third kappa shape index (κ3) is 2.69. The summed E-state index contributed by atoms with van der Waals surface area (Å²) in [6.07, 6.45) is 2.47. The molecular formula is C10H19NO2. The van der Waals surface area contributed by atoms with Gasteiger partial charge in [0.05, 0.1) is 6.61 Å². The van der Waals surface area contributed by atoms with E-state index in [0.29, 0.717) is 12.6 Å². The maximum absolute atomic E-state index is 11.4. The highest BCUT2D eigenvalue weighted by molar-refractivity contribution is 5.75. The van der Waals surface area contributed by atoms with Crippen LogP contribution in [0.4, 0.5) is 0 Å². The summed E-state index contributed by atoms with van der Waals surface area (Å²) in [6, 6.07) is 0.557. The zero-order valence-electron chi connectivity index (χ0n) is 8.75. The van der Waals surface area contributed by atoms with Gasteiger partial charge in [-0.3, -0.25) is 9.69 Å². The maximum atomic E-state index is 11.4. The summed E-state index contributed by atoms with van der Waals surface area (Å²) in [7, 11) is 0. The van der Waals surface area contributed by atoms with E-state index in [1.54, 1.807) is 0 Å². The van der Waals surface area contributed by atoms with Crippen LogP contribution in [0.15, 0.2) is 0 Å². The molecule has 0 aromatic heterocycles. The van der Waals surface area contributed by atoms with Gasteiger partial charge in [-0.05, 0) is 33.2 Å². The molecule has 1 aliphatic rings. The molecule has 3 nitrogen and oxygen atoms in total. The summed E-state index contributed by atoms with van der Waals surface area (Å²) in [5, 5.41) is 0. The zero-order valence-corrected chi connectivity index (χ0v) is 8.75. The normalized spacial score (nSPS) is 18.8. The fourth-order valence-corrected chi connectivity index (χ4v) is 1.65.